The monoisotopic (exact) mass is 908 g/mol. The van der Waals surface area contributed by atoms with E-state index in [1.54, 1.807) is 12.3 Å². The molecule has 5 nitrogen and oxygen atoms in total. The number of hydrogen-bond donors (Lipinski definition) is 0. The van der Waals surface area contributed by atoms with Crippen LogP contribution in [0.25, 0.3) is 38.8 Å². The van der Waals surface area contributed by atoms with E-state index in [-0.39, 0.29) is 21.1 Å². The van der Waals surface area contributed by atoms with E-state index in [1.807, 2.05) is 78.2 Å². The number of pyridine rings is 1. The number of hydrogen-bond acceptors (Lipinski definition) is 4. The van der Waals surface area contributed by atoms with Crippen LogP contribution in [0.1, 0.15) is 22.3 Å². The van der Waals surface area contributed by atoms with E-state index in [0.717, 1.165) is 62.3 Å². The molecule has 0 fully saturated rings. The summed E-state index contributed by atoms with van der Waals surface area (Å²) in [6.45, 7) is 8.18. The maximum absolute atomic E-state index is 13.5. The predicted molar refractivity (Wildman–Crippen MR) is 209 cm³/mol. The number of anilines is 4. The van der Waals surface area contributed by atoms with Crippen LogP contribution in [-0.2, 0) is 27.2 Å². The molecule has 55 heavy (non-hydrogen) atoms. The van der Waals surface area contributed by atoms with Gasteiger partial charge in [-0.15, -0.1) is 48.1 Å². The molecule has 3 heterocycles. The van der Waals surface area contributed by atoms with Crippen molar-refractivity contribution in [2.24, 2.45) is 0 Å². The Morgan fingerprint density at radius 3 is 2.15 bits per heavy atom. The van der Waals surface area contributed by atoms with Crippen molar-refractivity contribution in [1.82, 2.24) is 9.55 Å². The van der Waals surface area contributed by atoms with Gasteiger partial charge in [-0.1, -0.05) is 54.0 Å². The molecule has 1 aliphatic heterocycles. The molecule has 0 spiro atoms. The first kappa shape index (κ1) is 36.1. The molecule has 0 radical (unpaired) electrons. The molecule has 1 aliphatic rings. The number of ether oxygens (including phenoxy) is 1. The van der Waals surface area contributed by atoms with Crippen LogP contribution in [0.4, 0.5) is 35.9 Å². The van der Waals surface area contributed by atoms with E-state index in [1.165, 1.54) is 17.2 Å². The summed E-state index contributed by atoms with van der Waals surface area (Å²) in [5, 5.41) is 1.98. The molecule has 8 aromatic rings. The Hall–Kier alpha value is -5.85. The van der Waals surface area contributed by atoms with Crippen LogP contribution in [0, 0.1) is 39.6 Å². The number of aryl methyl sites for hydroxylation is 3. The van der Waals surface area contributed by atoms with Gasteiger partial charge in [0.2, 0.25) is 0 Å². The zero-order valence-corrected chi connectivity index (χ0v) is 32.2. The first-order chi connectivity index (χ1) is 26.1. The van der Waals surface area contributed by atoms with Gasteiger partial charge in [0, 0.05) is 66.9 Å². The van der Waals surface area contributed by atoms with Crippen LogP contribution in [0.2, 0.25) is 0 Å². The molecule has 0 bridgehead atoms. The fourth-order valence-electron chi connectivity index (χ4n) is 7.35. The van der Waals surface area contributed by atoms with Crippen LogP contribution in [0.15, 0.2) is 134 Å². The van der Waals surface area contributed by atoms with Crippen molar-refractivity contribution in [2.45, 2.75) is 26.9 Å². The van der Waals surface area contributed by atoms with E-state index >= 15 is 0 Å². The molecule has 2 aromatic heterocycles. The second kappa shape index (κ2) is 14.1. The topological polar surface area (TPSA) is 33.5 Å². The summed E-state index contributed by atoms with van der Waals surface area (Å²) in [5.74, 6) is 1.65. The number of benzene rings is 6. The third kappa shape index (κ3) is 6.65. The van der Waals surface area contributed by atoms with Crippen LogP contribution in [0.3, 0.4) is 0 Å². The van der Waals surface area contributed by atoms with Crippen molar-refractivity contribution in [3.05, 3.63) is 175 Å². The molecule has 276 valence electrons. The summed E-state index contributed by atoms with van der Waals surface area (Å²) < 4.78 is 49.0. The van der Waals surface area contributed by atoms with E-state index < -0.39 is 11.7 Å². The maximum Gasteiger partial charge on any atom is 0.416 e. The number of alkyl halides is 3. The average molecular weight is 909 g/mol. The standard InChI is InChI=1S/C46H32F3N4O.Pt/c1-29-20-30(2)22-35(21-29)52-28-51(42-16-6-7-17-43(42)52)34-12-9-13-36(25-34)54-37-18-19-39-38-14-4-5-15-41(38)53(44(39)26-37)45-23-31(3)40(27-50-45)32-10-8-11-33(24-32)46(47,48)49;/h4-24,27-28H,1-3H3;/q-3;. The van der Waals surface area contributed by atoms with Crippen LogP contribution in [0.5, 0.6) is 11.5 Å². The normalized spacial score (nSPS) is 12.6. The minimum Gasteiger partial charge on any atom is -0.509 e. The molecule has 0 atom stereocenters. The molecule has 6 aromatic carbocycles. The first-order valence-corrected chi connectivity index (χ1v) is 17.5. The second-order valence-corrected chi connectivity index (χ2v) is 13.6. The second-order valence-electron chi connectivity index (χ2n) is 13.6. The van der Waals surface area contributed by atoms with E-state index in [2.05, 4.69) is 78.8 Å². The Morgan fingerprint density at radius 1 is 0.673 bits per heavy atom. The van der Waals surface area contributed by atoms with Gasteiger partial charge in [0.05, 0.1) is 5.56 Å². The molecular formula is C46H32F3N4OPt-3. The van der Waals surface area contributed by atoms with Crippen LogP contribution in [-0.4, -0.2) is 9.55 Å². The summed E-state index contributed by atoms with van der Waals surface area (Å²) in [4.78, 5) is 9.08. The average Bonchev–Trinajstić information content (AvgIpc) is 3.70. The van der Waals surface area contributed by atoms with Gasteiger partial charge in [0.25, 0.3) is 0 Å². The number of fused-ring (bicyclic) bond motifs is 4. The molecule has 0 aliphatic carbocycles. The molecule has 9 rings (SSSR count). The Bertz CT molecular complexity index is 2720. The Balaban J connectivity index is 0.00000427. The van der Waals surface area contributed by atoms with E-state index in [4.69, 9.17) is 9.72 Å². The summed E-state index contributed by atoms with van der Waals surface area (Å²) in [6.07, 6.45) is -2.80. The van der Waals surface area contributed by atoms with Crippen molar-refractivity contribution in [2.75, 3.05) is 9.80 Å². The maximum atomic E-state index is 13.5. The van der Waals surface area contributed by atoms with Gasteiger partial charge in [0.15, 0.2) is 0 Å². The van der Waals surface area contributed by atoms with Crippen molar-refractivity contribution >= 4 is 44.6 Å². The summed E-state index contributed by atoms with van der Waals surface area (Å²) in [5.41, 5.74) is 9.26. The van der Waals surface area contributed by atoms with Crippen molar-refractivity contribution < 1.29 is 39.0 Å². The molecule has 9 heteroatoms. The SMILES string of the molecule is Cc1cc(C)cc(N2[CH-]N(c3[c-]c(Oc4[c-]c5c(cc4)c4ccccc4n5-c4cc(C)c(-c5cccc(C(F)(F)F)c5)cn4)ccc3)c3ccccc32)c1.[Pt]. The zero-order valence-electron chi connectivity index (χ0n) is 29.9. The Morgan fingerprint density at radius 2 is 1.38 bits per heavy atom. The number of halogens is 3. The minimum absolute atomic E-state index is 0. The Kier molecular flexibility index (Phi) is 9.26. The van der Waals surface area contributed by atoms with Crippen molar-refractivity contribution in [3.63, 3.8) is 0 Å². The van der Waals surface area contributed by atoms with Gasteiger partial charge in [-0.3, -0.25) is 0 Å². The van der Waals surface area contributed by atoms with Crippen molar-refractivity contribution in [1.29, 1.82) is 0 Å². The molecular weight excluding hydrogens is 877 g/mol. The first-order valence-electron chi connectivity index (χ1n) is 17.5. The van der Waals surface area contributed by atoms with Gasteiger partial charge in [-0.05, 0) is 96.9 Å². The molecule has 0 saturated heterocycles. The molecule has 0 amide bonds. The van der Waals surface area contributed by atoms with Gasteiger partial charge in [-0.2, -0.15) is 25.3 Å². The van der Waals surface area contributed by atoms with E-state index in [0.29, 0.717) is 28.4 Å². The Labute approximate surface area is 331 Å². The smallest absolute Gasteiger partial charge is 0.416 e. The fraction of sp³-hybridized carbons (Fsp3) is 0.0870. The number of rotatable bonds is 6. The fourth-order valence-corrected chi connectivity index (χ4v) is 7.35. The van der Waals surface area contributed by atoms with E-state index in [9.17, 15) is 13.2 Å². The zero-order chi connectivity index (χ0) is 37.1. The van der Waals surface area contributed by atoms with Gasteiger partial charge >= 0.3 is 6.18 Å². The number of nitrogens with zero attached hydrogens (tertiary/aromatic N) is 4. The quantitative estimate of drug-likeness (QED) is 0.156. The largest absolute Gasteiger partial charge is 0.509 e. The molecule has 0 N–H and O–H groups in total. The van der Waals surface area contributed by atoms with Crippen LogP contribution >= 0.6 is 0 Å². The summed E-state index contributed by atoms with van der Waals surface area (Å²) in [6, 6.07) is 46.8. The number of aromatic nitrogens is 2. The van der Waals surface area contributed by atoms with Gasteiger partial charge in [0.1, 0.15) is 5.82 Å². The minimum atomic E-state index is -4.44. The van der Waals surface area contributed by atoms with Gasteiger partial charge < -0.3 is 19.1 Å². The van der Waals surface area contributed by atoms with Crippen molar-refractivity contribution in [3.8, 4) is 28.4 Å². The van der Waals surface area contributed by atoms with Crippen LogP contribution < -0.4 is 14.5 Å². The third-order valence-electron chi connectivity index (χ3n) is 9.73. The van der Waals surface area contributed by atoms with Gasteiger partial charge in [-0.25, -0.2) is 4.98 Å². The predicted octanol–water partition coefficient (Wildman–Crippen LogP) is 12.6. The third-order valence-corrected chi connectivity index (χ3v) is 9.73. The summed E-state index contributed by atoms with van der Waals surface area (Å²) >= 11 is 0. The summed E-state index contributed by atoms with van der Waals surface area (Å²) in [7, 11) is 0. The number of para-hydroxylation sites is 3. The molecule has 0 saturated carbocycles. The molecule has 0 unspecified atom stereocenters.